The van der Waals surface area contributed by atoms with Gasteiger partial charge in [-0.15, -0.1) is 12.6 Å². The Balaban J connectivity index is 0.000000492. The van der Waals surface area contributed by atoms with Crippen molar-refractivity contribution in [1.29, 1.82) is 0 Å². The molecule has 0 atom stereocenters. The Labute approximate surface area is 111 Å². The number of benzene rings is 1. The van der Waals surface area contributed by atoms with Gasteiger partial charge in [0.2, 0.25) is 0 Å². The lowest BCUT2D eigenvalue weighted by Gasteiger charge is -2.11. The zero-order chi connectivity index (χ0) is 13.4. The van der Waals surface area contributed by atoms with E-state index in [0.717, 1.165) is 17.5 Å². The molecule has 4 nitrogen and oxygen atoms in total. The van der Waals surface area contributed by atoms with Crippen molar-refractivity contribution in [1.82, 2.24) is 9.78 Å². The van der Waals surface area contributed by atoms with Gasteiger partial charge in [-0.05, 0) is 12.3 Å². The van der Waals surface area contributed by atoms with Gasteiger partial charge in [0.1, 0.15) is 6.29 Å². The summed E-state index contributed by atoms with van der Waals surface area (Å²) >= 11 is 3.96. The number of nitrogens with one attached hydrogen (secondary N) is 1. The molecule has 0 fully saturated rings. The fourth-order valence-electron chi connectivity index (χ4n) is 1.31. The molecule has 0 aliphatic carbocycles. The van der Waals surface area contributed by atoms with E-state index in [1.165, 1.54) is 0 Å². The average Bonchev–Trinajstić information content (AvgIpc) is 2.35. The number of hydrogen-bond acceptors (Lipinski definition) is 3. The van der Waals surface area contributed by atoms with Crippen LogP contribution in [0.15, 0.2) is 35.9 Å². The summed E-state index contributed by atoms with van der Waals surface area (Å²) in [6.07, 6.45) is 4.58. The van der Waals surface area contributed by atoms with Gasteiger partial charge in [-0.25, -0.2) is 0 Å². The number of aromatic amines is 1. The lowest BCUT2D eigenvalue weighted by Crippen LogP contribution is -2.03. The van der Waals surface area contributed by atoms with Crippen LogP contribution >= 0.6 is 12.6 Å². The first kappa shape index (κ1) is 14.3. The Morgan fingerprint density at radius 2 is 1.94 bits per heavy atom. The van der Waals surface area contributed by atoms with Crippen molar-refractivity contribution in [2.75, 3.05) is 6.61 Å². The maximum Gasteiger partial charge on any atom is 0.150 e. The normalized spacial score (nSPS) is 10.2. The number of rotatable bonds is 3. The molecule has 5 heteroatoms. The molecule has 0 bridgehead atoms. The highest BCUT2D eigenvalue weighted by Crippen LogP contribution is 2.18. The summed E-state index contributed by atoms with van der Waals surface area (Å²) in [5, 5.41) is 12.3. The summed E-state index contributed by atoms with van der Waals surface area (Å²) in [5.41, 5.74) is 2.77. The number of thiol groups is 1. The molecule has 2 N–H and O–H groups in total. The minimum absolute atomic E-state index is 0.250. The van der Waals surface area contributed by atoms with Crippen molar-refractivity contribution >= 4 is 25.1 Å². The number of aliphatic hydroxyl groups excluding tert-OH is 1. The molecule has 96 valence electrons. The summed E-state index contributed by atoms with van der Waals surface area (Å²) in [6, 6.07) is 7.40. The first-order valence-corrected chi connectivity index (χ1v) is 6.01. The number of aromatic nitrogens is 2. The number of hydrogen-bond donors (Lipinski definition) is 3. The maximum absolute atomic E-state index is 10.5. The van der Waals surface area contributed by atoms with Crippen LogP contribution in [0.4, 0.5) is 0 Å². The summed E-state index contributed by atoms with van der Waals surface area (Å²) in [4.78, 5) is 10.5. The Bertz CT molecular complexity index is 485. The number of aldehydes is 1. The highest BCUT2D eigenvalue weighted by molar-refractivity contribution is 7.83. The van der Waals surface area contributed by atoms with E-state index >= 15 is 0 Å². The van der Waals surface area contributed by atoms with Crippen LogP contribution < -0.4 is 0 Å². The molecule has 0 aliphatic heterocycles. The molecule has 2 rings (SSSR count). The van der Waals surface area contributed by atoms with Crippen LogP contribution in [0.3, 0.4) is 0 Å². The summed E-state index contributed by atoms with van der Waals surface area (Å²) in [6.45, 7) is 1.93. The standard InChI is InChI=1S/C11H10N2OS.C2H6O/c14-8-9-1-3-10(4-2-9)11-7-13(12-11)5-6-15;1-2-3/h1-8,12,15H;3H,2H2,1H3/b6-5-;. The number of aliphatic hydroxyl groups is 1. The van der Waals surface area contributed by atoms with E-state index in [1.807, 2.05) is 18.3 Å². The van der Waals surface area contributed by atoms with Crippen molar-refractivity contribution in [2.45, 2.75) is 6.92 Å². The van der Waals surface area contributed by atoms with Gasteiger partial charge in [0, 0.05) is 23.9 Å². The van der Waals surface area contributed by atoms with Gasteiger partial charge in [0.05, 0.1) is 11.9 Å². The maximum atomic E-state index is 10.5. The first-order chi connectivity index (χ1) is 8.74. The minimum Gasteiger partial charge on any atom is -0.397 e. The SMILES string of the molecule is CCO.O=Cc1ccc(-c2cn(/C=C\S)[nH]2)cc1. The average molecular weight is 264 g/mol. The summed E-state index contributed by atoms with van der Waals surface area (Å²) in [5.74, 6) is 0. The topological polar surface area (TPSA) is 58.0 Å². The van der Waals surface area contributed by atoms with Gasteiger partial charge in [-0.3, -0.25) is 14.6 Å². The van der Waals surface area contributed by atoms with E-state index in [4.69, 9.17) is 5.11 Å². The molecule has 1 heterocycles. The lowest BCUT2D eigenvalue weighted by molar-refractivity contribution is 0.112. The minimum atomic E-state index is 0.250. The molecule has 0 saturated heterocycles. The second-order valence-corrected chi connectivity index (χ2v) is 3.71. The quantitative estimate of drug-likeness (QED) is 0.589. The van der Waals surface area contributed by atoms with Gasteiger partial charge in [-0.1, -0.05) is 24.3 Å². The van der Waals surface area contributed by atoms with Gasteiger partial charge in [-0.2, -0.15) is 0 Å². The number of nitrogens with zero attached hydrogens (tertiary/aromatic N) is 1. The van der Waals surface area contributed by atoms with E-state index < -0.39 is 0 Å². The van der Waals surface area contributed by atoms with Crippen LogP contribution in [0.1, 0.15) is 17.3 Å². The van der Waals surface area contributed by atoms with Gasteiger partial charge in [0.15, 0.2) is 0 Å². The predicted molar refractivity (Wildman–Crippen MR) is 76.7 cm³/mol. The number of carbonyl (C=O) groups is 1. The molecule has 2 aromatic rings. The Morgan fingerprint density at radius 1 is 1.39 bits per heavy atom. The Morgan fingerprint density at radius 3 is 2.39 bits per heavy atom. The van der Waals surface area contributed by atoms with E-state index in [0.29, 0.717) is 5.56 Å². The van der Waals surface area contributed by atoms with Crippen molar-refractivity contribution < 1.29 is 9.90 Å². The molecule has 1 aromatic heterocycles. The van der Waals surface area contributed by atoms with Crippen LogP contribution in [0.25, 0.3) is 17.5 Å². The molecular formula is C13H16N2O2S. The molecule has 0 radical (unpaired) electrons. The van der Waals surface area contributed by atoms with E-state index in [9.17, 15) is 4.79 Å². The summed E-state index contributed by atoms with van der Waals surface area (Å²) in [7, 11) is 0. The monoisotopic (exact) mass is 264 g/mol. The molecule has 0 spiro atoms. The van der Waals surface area contributed by atoms with Crippen LogP contribution in [0.2, 0.25) is 0 Å². The molecule has 0 amide bonds. The molecule has 0 unspecified atom stereocenters. The van der Waals surface area contributed by atoms with Gasteiger partial charge in [0.25, 0.3) is 0 Å². The summed E-state index contributed by atoms with van der Waals surface area (Å²) < 4.78 is 1.80. The molecule has 0 aliphatic rings. The first-order valence-electron chi connectivity index (χ1n) is 5.49. The zero-order valence-electron chi connectivity index (χ0n) is 10.1. The molecular weight excluding hydrogens is 248 g/mol. The second kappa shape index (κ2) is 7.58. The second-order valence-electron chi connectivity index (χ2n) is 3.42. The van der Waals surface area contributed by atoms with Crippen molar-refractivity contribution in [3.63, 3.8) is 0 Å². The van der Waals surface area contributed by atoms with Crippen LogP contribution in [0.5, 0.6) is 0 Å². The molecule has 1 aromatic carbocycles. The van der Waals surface area contributed by atoms with Crippen molar-refractivity contribution in [2.24, 2.45) is 0 Å². The van der Waals surface area contributed by atoms with E-state index in [-0.39, 0.29) is 6.61 Å². The van der Waals surface area contributed by atoms with Gasteiger partial charge >= 0.3 is 0 Å². The predicted octanol–water partition coefficient (Wildman–Crippen LogP) is 2.65. The third-order valence-electron chi connectivity index (χ3n) is 2.10. The molecule has 18 heavy (non-hydrogen) atoms. The van der Waals surface area contributed by atoms with E-state index in [2.05, 4.69) is 17.7 Å². The highest BCUT2D eigenvalue weighted by Gasteiger charge is 2.02. The van der Waals surface area contributed by atoms with Crippen LogP contribution in [0, 0.1) is 0 Å². The van der Waals surface area contributed by atoms with Crippen molar-refractivity contribution in [3.05, 3.63) is 41.4 Å². The smallest absolute Gasteiger partial charge is 0.150 e. The zero-order valence-corrected chi connectivity index (χ0v) is 11.0. The fourth-order valence-corrected chi connectivity index (χ4v) is 1.45. The van der Waals surface area contributed by atoms with Crippen LogP contribution in [-0.4, -0.2) is 27.8 Å². The fraction of sp³-hybridized carbons (Fsp3) is 0.154. The highest BCUT2D eigenvalue weighted by atomic mass is 32.1. The molecule has 0 saturated carbocycles. The third-order valence-corrected chi connectivity index (χ3v) is 2.24. The number of H-pyrrole nitrogens is 1. The Kier molecular flexibility index (Phi) is 6.04. The van der Waals surface area contributed by atoms with Crippen molar-refractivity contribution in [3.8, 4) is 11.3 Å². The van der Waals surface area contributed by atoms with Gasteiger partial charge < -0.3 is 5.11 Å². The Hall–Kier alpha value is -1.72. The van der Waals surface area contributed by atoms with E-state index in [1.54, 1.807) is 35.3 Å². The third kappa shape index (κ3) is 3.94. The van der Waals surface area contributed by atoms with Crippen LogP contribution in [-0.2, 0) is 0 Å². The lowest BCUT2D eigenvalue weighted by atomic mass is 10.1. The largest absolute Gasteiger partial charge is 0.397 e. The number of carbonyl (C=O) groups excluding carboxylic acids is 1.